The topological polar surface area (TPSA) is 47.2 Å². The van der Waals surface area contributed by atoms with Crippen molar-refractivity contribution in [3.8, 4) is 5.69 Å². The highest BCUT2D eigenvalue weighted by molar-refractivity contribution is 5.34. The van der Waals surface area contributed by atoms with E-state index in [0.29, 0.717) is 0 Å². The Hall–Kier alpha value is -1.81. The Balaban J connectivity index is 2.23. The largest absolute Gasteiger partial charge is 0.396 e. The number of rotatable bonds is 4. The Bertz CT molecular complexity index is 537. The van der Waals surface area contributed by atoms with Crippen molar-refractivity contribution < 1.29 is 5.11 Å². The van der Waals surface area contributed by atoms with Crippen molar-refractivity contribution in [1.82, 2.24) is 9.13 Å². The third-order valence-electron chi connectivity index (χ3n) is 2.79. The van der Waals surface area contributed by atoms with Crippen molar-refractivity contribution in [2.45, 2.75) is 12.8 Å². The molecule has 1 N–H and O–H groups in total. The average molecular weight is 232 g/mol. The molecule has 0 bridgehead atoms. The second-order valence-electron chi connectivity index (χ2n) is 4.06. The number of nitrogens with zero attached hydrogens (tertiary/aromatic N) is 2. The number of imidazole rings is 1. The van der Waals surface area contributed by atoms with E-state index in [9.17, 15) is 4.79 Å². The highest BCUT2D eigenvalue weighted by Crippen LogP contribution is 2.09. The minimum atomic E-state index is -0.0480. The number of hydrogen-bond donors (Lipinski definition) is 1. The van der Waals surface area contributed by atoms with Crippen LogP contribution >= 0.6 is 0 Å². The SMILES string of the molecule is Cn1ccn(-c2ccc(CCCO)cc2)c1=O. The Labute approximate surface area is 99.8 Å². The van der Waals surface area contributed by atoms with E-state index in [0.717, 1.165) is 18.5 Å². The minimum absolute atomic E-state index is 0.0480. The van der Waals surface area contributed by atoms with Crippen LogP contribution < -0.4 is 5.69 Å². The fraction of sp³-hybridized carbons (Fsp3) is 0.308. The van der Waals surface area contributed by atoms with E-state index in [1.54, 1.807) is 28.6 Å². The van der Waals surface area contributed by atoms with Gasteiger partial charge in [-0.3, -0.25) is 4.57 Å². The lowest BCUT2D eigenvalue weighted by Crippen LogP contribution is -2.20. The van der Waals surface area contributed by atoms with Gasteiger partial charge >= 0.3 is 5.69 Å². The fourth-order valence-corrected chi connectivity index (χ4v) is 1.77. The lowest BCUT2D eigenvalue weighted by Gasteiger charge is -2.03. The third kappa shape index (κ3) is 2.47. The van der Waals surface area contributed by atoms with Gasteiger partial charge in [0, 0.05) is 26.0 Å². The van der Waals surface area contributed by atoms with Crippen LogP contribution in [0.2, 0.25) is 0 Å². The summed E-state index contributed by atoms with van der Waals surface area (Å²) < 4.78 is 3.15. The van der Waals surface area contributed by atoms with E-state index in [1.165, 1.54) is 5.56 Å². The molecule has 0 aliphatic rings. The van der Waals surface area contributed by atoms with Crippen LogP contribution in [-0.4, -0.2) is 20.8 Å². The van der Waals surface area contributed by atoms with E-state index < -0.39 is 0 Å². The van der Waals surface area contributed by atoms with E-state index in [1.807, 2.05) is 24.3 Å². The predicted octanol–water partition coefficient (Wildman–Crippen LogP) is 1.10. The summed E-state index contributed by atoms with van der Waals surface area (Å²) in [4.78, 5) is 11.7. The van der Waals surface area contributed by atoms with Crippen LogP contribution in [0.25, 0.3) is 5.69 Å². The first-order valence-corrected chi connectivity index (χ1v) is 5.66. The maximum atomic E-state index is 11.7. The number of benzene rings is 1. The van der Waals surface area contributed by atoms with Crippen LogP contribution in [0.5, 0.6) is 0 Å². The van der Waals surface area contributed by atoms with Gasteiger partial charge in [0.15, 0.2) is 0 Å². The molecule has 1 aromatic heterocycles. The van der Waals surface area contributed by atoms with Crippen molar-refractivity contribution in [3.05, 3.63) is 52.7 Å². The molecule has 1 aromatic carbocycles. The van der Waals surface area contributed by atoms with Gasteiger partial charge in [-0.05, 0) is 30.5 Å². The van der Waals surface area contributed by atoms with Crippen LogP contribution in [0.3, 0.4) is 0 Å². The standard InChI is InChI=1S/C13H16N2O2/c1-14-8-9-15(13(14)17)12-6-4-11(5-7-12)3-2-10-16/h4-9,16H,2-3,10H2,1H3. The Kier molecular flexibility index (Phi) is 3.44. The van der Waals surface area contributed by atoms with Gasteiger partial charge in [0.2, 0.25) is 0 Å². The number of aryl methyl sites for hydroxylation is 2. The molecule has 90 valence electrons. The second-order valence-corrected chi connectivity index (χ2v) is 4.06. The predicted molar refractivity (Wildman–Crippen MR) is 66.4 cm³/mol. The van der Waals surface area contributed by atoms with Crippen LogP contribution in [0.4, 0.5) is 0 Å². The van der Waals surface area contributed by atoms with Gasteiger partial charge in [0.25, 0.3) is 0 Å². The number of aromatic nitrogens is 2. The maximum absolute atomic E-state index is 11.7. The first-order chi connectivity index (χ1) is 8.22. The molecular weight excluding hydrogens is 216 g/mol. The number of aliphatic hydroxyl groups excluding tert-OH is 1. The van der Waals surface area contributed by atoms with Gasteiger partial charge in [-0.15, -0.1) is 0 Å². The van der Waals surface area contributed by atoms with Gasteiger partial charge in [-0.2, -0.15) is 0 Å². The molecule has 0 fully saturated rings. The smallest absolute Gasteiger partial charge is 0.332 e. The normalized spacial score (nSPS) is 10.7. The molecule has 0 radical (unpaired) electrons. The van der Waals surface area contributed by atoms with Crippen LogP contribution in [0.1, 0.15) is 12.0 Å². The van der Waals surface area contributed by atoms with Crippen LogP contribution in [-0.2, 0) is 13.5 Å². The second kappa shape index (κ2) is 5.01. The minimum Gasteiger partial charge on any atom is -0.396 e. The number of hydrogen-bond acceptors (Lipinski definition) is 2. The van der Waals surface area contributed by atoms with Crippen molar-refractivity contribution in [1.29, 1.82) is 0 Å². The number of aliphatic hydroxyl groups is 1. The molecule has 0 aliphatic carbocycles. The van der Waals surface area contributed by atoms with E-state index in [-0.39, 0.29) is 12.3 Å². The first-order valence-electron chi connectivity index (χ1n) is 5.66. The third-order valence-corrected chi connectivity index (χ3v) is 2.79. The molecule has 17 heavy (non-hydrogen) atoms. The molecule has 4 nitrogen and oxygen atoms in total. The average Bonchev–Trinajstić information content (AvgIpc) is 2.68. The van der Waals surface area contributed by atoms with E-state index in [4.69, 9.17) is 5.11 Å². The first kappa shape index (κ1) is 11.7. The molecule has 0 amide bonds. The van der Waals surface area contributed by atoms with Crippen molar-refractivity contribution >= 4 is 0 Å². The molecule has 0 saturated carbocycles. The lowest BCUT2D eigenvalue weighted by molar-refractivity contribution is 0.288. The highest BCUT2D eigenvalue weighted by atomic mass is 16.2. The summed E-state index contributed by atoms with van der Waals surface area (Å²) in [6.45, 7) is 0.208. The van der Waals surface area contributed by atoms with Crippen molar-refractivity contribution in [2.24, 2.45) is 7.05 Å². The molecule has 4 heteroatoms. The van der Waals surface area contributed by atoms with E-state index >= 15 is 0 Å². The summed E-state index contributed by atoms with van der Waals surface area (Å²) in [6, 6.07) is 7.83. The molecule has 2 aromatic rings. The zero-order chi connectivity index (χ0) is 12.3. The van der Waals surface area contributed by atoms with Gasteiger partial charge in [-0.25, -0.2) is 4.79 Å². The summed E-state index contributed by atoms with van der Waals surface area (Å²) in [5, 5.41) is 8.75. The summed E-state index contributed by atoms with van der Waals surface area (Å²) in [5.41, 5.74) is 1.99. The molecular formula is C13H16N2O2. The molecule has 0 unspecified atom stereocenters. The quantitative estimate of drug-likeness (QED) is 0.858. The van der Waals surface area contributed by atoms with Gasteiger partial charge in [0.05, 0.1) is 5.69 Å². The molecule has 1 heterocycles. The molecule has 0 aliphatic heterocycles. The monoisotopic (exact) mass is 232 g/mol. The molecule has 0 spiro atoms. The molecule has 2 rings (SSSR count). The van der Waals surface area contributed by atoms with Gasteiger partial charge in [0.1, 0.15) is 0 Å². The summed E-state index contributed by atoms with van der Waals surface area (Å²) in [6.07, 6.45) is 5.12. The highest BCUT2D eigenvalue weighted by Gasteiger charge is 2.02. The Morgan fingerprint density at radius 3 is 2.41 bits per heavy atom. The Morgan fingerprint density at radius 2 is 1.88 bits per heavy atom. The summed E-state index contributed by atoms with van der Waals surface area (Å²) in [7, 11) is 1.73. The fourth-order valence-electron chi connectivity index (χ4n) is 1.77. The van der Waals surface area contributed by atoms with Crippen LogP contribution in [0, 0.1) is 0 Å². The molecule has 0 atom stereocenters. The summed E-state index contributed by atoms with van der Waals surface area (Å²) in [5.74, 6) is 0. The van der Waals surface area contributed by atoms with Crippen molar-refractivity contribution in [3.63, 3.8) is 0 Å². The zero-order valence-corrected chi connectivity index (χ0v) is 9.84. The van der Waals surface area contributed by atoms with Crippen molar-refractivity contribution in [2.75, 3.05) is 6.61 Å². The van der Waals surface area contributed by atoms with Gasteiger partial charge in [-0.1, -0.05) is 12.1 Å². The lowest BCUT2D eigenvalue weighted by atomic mass is 10.1. The van der Waals surface area contributed by atoms with Crippen LogP contribution in [0.15, 0.2) is 41.5 Å². The van der Waals surface area contributed by atoms with E-state index in [2.05, 4.69) is 0 Å². The molecule has 0 saturated heterocycles. The van der Waals surface area contributed by atoms with Gasteiger partial charge < -0.3 is 9.67 Å². The zero-order valence-electron chi connectivity index (χ0n) is 9.84. The Morgan fingerprint density at radius 1 is 1.18 bits per heavy atom. The summed E-state index contributed by atoms with van der Waals surface area (Å²) >= 11 is 0. The maximum Gasteiger partial charge on any atom is 0.332 e.